The number of anilines is 2. The molecule has 1 aliphatic heterocycles. The van der Waals surface area contributed by atoms with E-state index >= 15 is 0 Å². The van der Waals surface area contributed by atoms with Crippen LogP contribution in [0.4, 0.5) is 11.4 Å². The van der Waals surface area contributed by atoms with Gasteiger partial charge in [-0.25, -0.2) is 0 Å². The van der Waals surface area contributed by atoms with Gasteiger partial charge in [0.15, 0.2) is 6.10 Å². The first kappa shape index (κ1) is 18.6. The van der Waals surface area contributed by atoms with E-state index in [9.17, 15) is 4.79 Å². The molecule has 26 heavy (non-hydrogen) atoms. The van der Waals surface area contributed by atoms with Crippen LogP contribution in [0.3, 0.4) is 0 Å². The Bertz CT molecular complexity index is 710. The fourth-order valence-electron chi connectivity index (χ4n) is 3.13. The molecule has 0 unspecified atom stereocenters. The molecule has 0 spiro atoms. The first-order valence-corrected chi connectivity index (χ1v) is 9.61. The lowest BCUT2D eigenvalue weighted by atomic mass is 10.1. The smallest absolute Gasteiger partial charge is 0.265 e. The molecule has 0 radical (unpaired) electrons. The molecule has 5 heteroatoms. The number of nitrogens with zero attached hydrogens (tertiary/aromatic N) is 1. The number of ether oxygens (including phenoxy) is 1. The van der Waals surface area contributed by atoms with Gasteiger partial charge in [-0.15, -0.1) is 0 Å². The molecule has 3 rings (SSSR count). The van der Waals surface area contributed by atoms with Crippen molar-refractivity contribution in [2.75, 3.05) is 23.3 Å². The molecule has 1 saturated heterocycles. The lowest BCUT2D eigenvalue weighted by Gasteiger charge is -2.28. The van der Waals surface area contributed by atoms with Crippen LogP contribution in [0.25, 0.3) is 0 Å². The Balaban J connectivity index is 1.59. The van der Waals surface area contributed by atoms with E-state index < -0.39 is 6.10 Å². The van der Waals surface area contributed by atoms with Crippen LogP contribution in [0.5, 0.6) is 5.75 Å². The predicted molar refractivity (Wildman–Crippen MR) is 107 cm³/mol. The lowest BCUT2D eigenvalue weighted by molar-refractivity contribution is -0.122. The fourth-order valence-corrected chi connectivity index (χ4v) is 3.26. The maximum atomic E-state index is 12.5. The van der Waals surface area contributed by atoms with E-state index in [1.54, 1.807) is 24.3 Å². The van der Waals surface area contributed by atoms with Crippen LogP contribution in [0.2, 0.25) is 5.02 Å². The van der Waals surface area contributed by atoms with Gasteiger partial charge in [0, 0.05) is 29.5 Å². The summed E-state index contributed by atoms with van der Waals surface area (Å²) in [6.45, 7) is 4.15. The SMILES string of the molecule is CC[C@@H](Oc1ccc(Cl)cc1)C(=O)Nc1ccc(N2CCCCC2)cc1. The largest absolute Gasteiger partial charge is 0.481 e. The molecule has 1 heterocycles. The van der Waals surface area contributed by atoms with E-state index in [-0.39, 0.29) is 5.91 Å². The van der Waals surface area contributed by atoms with Gasteiger partial charge in [0.1, 0.15) is 5.75 Å². The van der Waals surface area contributed by atoms with Crippen LogP contribution in [0.1, 0.15) is 32.6 Å². The molecular formula is C21H25ClN2O2. The van der Waals surface area contributed by atoms with Gasteiger partial charge in [0.05, 0.1) is 0 Å². The van der Waals surface area contributed by atoms with Crippen molar-refractivity contribution in [2.45, 2.75) is 38.7 Å². The Hall–Kier alpha value is -2.20. The summed E-state index contributed by atoms with van der Waals surface area (Å²) >= 11 is 5.88. The average molecular weight is 373 g/mol. The summed E-state index contributed by atoms with van der Waals surface area (Å²) in [5, 5.41) is 3.59. The Morgan fingerprint density at radius 3 is 2.35 bits per heavy atom. The van der Waals surface area contributed by atoms with Crippen molar-refractivity contribution < 1.29 is 9.53 Å². The van der Waals surface area contributed by atoms with Crippen LogP contribution >= 0.6 is 11.6 Å². The average Bonchev–Trinajstić information content (AvgIpc) is 2.68. The highest BCUT2D eigenvalue weighted by Crippen LogP contribution is 2.22. The van der Waals surface area contributed by atoms with Gasteiger partial charge in [-0.05, 0) is 74.2 Å². The molecule has 1 fully saturated rings. The molecule has 1 aliphatic rings. The Kier molecular flexibility index (Phi) is 6.40. The summed E-state index contributed by atoms with van der Waals surface area (Å²) in [5.74, 6) is 0.491. The summed E-state index contributed by atoms with van der Waals surface area (Å²) in [5.41, 5.74) is 2.00. The number of nitrogens with one attached hydrogen (secondary N) is 1. The molecule has 0 aliphatic carbocycles. The van der Waals surface area contributed by atoms with E-state index in [4.69, 9.17) is 16.3 Å². The highest BCUT2D eigenvalue weighted by molar-refractivity contribution is 6.30. The van der Waals surface area contributed by atoms with Crippen molar-refractivity contribution in [3.05, 3.63) is 53.6 Å². The number of hydrogen-bond acceptors (Lipinski definition) is 3. The summed E-state index contributed by atoms with van der Waals surface area (Å²) in [7, 11) is 0. The van der Waals surface area contributed by atoms with Crippen LogP contribution < -0.4 is 15.0 Å². The lowest BCUT2D eigenvalue weighted by Crippen LogP contribution is -2.32. The molecule has 2 aromatic rings. The quantitative estimate of drug-likeness (QED) is 0.764. The molecule has 1 atom stereocenters. The molecular weight excluding hydrogens is 348 g/mol. The van der Waals surface area contributed by atoms with Gasteiger partial charge in [0.25, 0.3) is 5.91 Å². The molecule has 1 amide bonds. The predicted octanol–water partition coefficient (Wildman–Crippen LogP) is 5.13. The number of carbonyl (C=O) groups excluding carboxylic acids is 1. The maximum Gasteiger partial charge on any atom is 0.265 e. The van der Waals surface area contributed by atoms with Crippen molar-refractivity contribution in [2.24, 2.45) is 0 Å². The maximum absolute atomic E-state index is 12.5. The van der Waals surface area contributed by atoms with Gasteiger partial charge in [-0.1, -0.05) is 18.5 Å². The number of hydrogen-bond donors (Lipinski definition) is 1. The highest BCUT2D eigenvalue weighted by Gasteiger charge is 2.19. The second kappa shape index (κ2) is 8.95. The van der Waals surface area contributed by atoms with Gasteiger partial charge < -0.3 is 15.0 Å². The summed E-state index contributed by atoms with van der Waals surface area (Å²) in [6.07, 6.45) is 3.85. The van der Waals surface area contributed by atoms with E-state index in [0.29, 0.717) is 17.2 Å². The van der Waals surface area contributed by atoms with Crippen molar-refractivity contribution in [3.63, 3.8) is 0 Å². The topological polar surface area (TPSA) is 41.6 Å². The van der Waals surface area contributed by atoms with Gasteiger partial charge in [-0.2, -0.15) is 0 Å². The molecule has 0 aromatic heterocycles. The minimum atomic E-state index is -0.544. The van der Waals surface area contributed by atoms with Gasteiger partial charge in [-0.3, -0.25) is 4.79 Å². The zero-order valence-corrected chi connectivity index (χ0v) is 15.8. The molecule has 2 aromatic carbocycles. The van der Waals surface area contributed by atoms with Crippen LogP contribution in [-0.2, 0) is 4.79 Å². The van der Waals surface area contributed by atoms with Gasteiger partial charge in [0.2, 0.25) is 0 Å². The van der Waals surface area contributed by atoms with Crippen LogP contribution in [0, 0.1) is 0 Å². The van der Waals surface area contributed by atoms with Crippen molar-refractivity contribution in [1.29, 1.82) is 0 Å². The normalized spacial score (nSPS) is 15.4. The Morgan fingerprint density at radius 1 is 1.08 bits per heavy atom. The van der Waals surface area contributed by atoms with Gasteiger partial charge >= 0.3 is 0 Å². The highest BCUT2D eigenvalue weighted by atomic mass is 35.5. The molecule has 138 valence electrons. The number of benzene rings is 2. The van der Waals surface area contributed by atoms with Crippen LogP contribution in [-0.4, -0.2) is 25.1 Å². The van der Waals surface area contributed by atoms with E-state index in [2.05, 4.69) is 22.3 Å². The van der Waals surface area contributed by atoms with E-state index in [1.807, 2.05) is 19.1 Å². The van der Waals surface area contributed by atoms with E-state index in [0.717, 1.165) is 18.8 Å². The molecule has 0 bridgehead atoms. The third kappa shape index (κ3) is 4.92. The van der Waals surface area contributed by atoms with Crippen molar-refractivity contribution in [1.82, 2.24) is 0 Å². The number of halogens is 1. The zero-order chi connectivity index (χ0) is 18.4. The van der Waals surface area contributed by atoms with Crippen molar-refractivity contribution in [3.8, 4) is 5.75 Å². The molecule has 0 saturated carbocycles. The summed E-state index contributed by atoms with van der Waals surface area (Å²) in [4.78, 5) is 14.9. The standard InChI is InChI=1S/C21H25ClN2O2/c1-2-20(26-19-12-6-16(22)7-13-19)21(25)23-17-8-10-18(11-9-17)24-14-4-3-5-15-24/h6-13,20H,2-5,14-15H2,1H3,(H,23,25)/t20-/m1/s1. The number of rotatable bonds is 6. The van der Waals surface area contributed by atoms with Crippen LogP contribution in [0.15, 0.2) is 48.5 Å². The molecule has 4 nitrogen and oxygen atoms in total. The summed E-state index contributed by atoms with van der Waals surface area (Å²) in [6, 6.07) is 15.1. The zero-order valence-electron chi connectivity index (χ0n) is 15.1. The third-order valence-corrected chi connectivity index (χ3v) is 4.86. The number of amides is 1. The van der Waals surface area contributed by atoms with Crippen molar-refractivity contribution >= 4 is 28.9 Å². The Labute approximate surface area is 160 Å². The summed E-state index contributed by atoms with van der Waals surface area (Å²) < 4.78 is 5.79. The minimum absolute atomic E-state index is 0.145. The fraction of sp³-hybridized carbons (Fsp3) is 0.381. The minimum Gasteiger partial charge on any atom is -0.481 e. The second-order valence-corrected chi connectivity index (χ2v) is 6.99. The molecule has 1 N–H and O–H groups in total. The number of carbonyl (C=O) groups is 1. The second-order valence-electron chi connectivity index (χ2n) is 6.55. The monoisotopic (exact) mass is 372 g/mol. The Morgan fingerprint density at radius 2 is 1.73 bits per heavy atom. The number of piperidine rings is 1. The first-order valence-electron chi connectivity index (χ1n) is 9.24. The first-order chi connectivity index (χ1) is 12.7. The third-order valence-electron chi connectivity index (χ3n) is 4.61. The van der Waals surface area contributed by atoms with E-state index in [1.165, 1.54) is 24.9 Å².